The maximum atomic E-state index is 13.6. The van der Waals surface area contributed by atoms with Crippen LogP contribution in [0.25, 0.3) is 16.5 Å². The van der Waals surface area contributed by atoms with Gasteiger partial charge < -0.3 is 14.5 Å². The van der Waals surface area contributed by atoms with Gasteiger partial charge in [-0.1, -0.05) is 35.9 Å². The predicted octanol–water partition coefficient (Wildman–Crippen LogP) is 4.01. The van der Waals surface area contributed by atoms with Crippen LogP contribution in [0.3, 0.4) is 0 Å². The summed E-state index contributed by atoms with van der Waals surface area (Å²) in [6.45, 7) is 2.45. The highest BCUT2D eigenvalue weighted by Gasteiger charge is 2.26. The number of hydrogen-bond donors (Lipinski definition) is 0. The molecular formula is C26H23ClN4O3. The third-order valence-corrected chi connectivity index (χ3v) is 6.30. The molecule has 0 N–H and O–H groups in total. The van der Waals surface area contributed by atoms with Gasteiger partial charge in [0.25, 0.3) is 11.5 Å². The van der Waals surface area contributed by atoms with Gasteiger partial charge in [-0.3, -0.25) is 9.59 Å². The molecule has 1 saturated heterocycles. The molecule has 0 unspecified atom stereocenters. The zero-order chi connectivity index (χ0) is 23.7. The number of halogens is 1. The lowest BCUT2D eigenvalue weighted by molar-refractivity contribution is 0.0741. The molecule has 0 spiro atoms. The molecule has 2 heterocycles. The van der Waals surface area contributed by atoms with Crippen molar-refractivity contribution < 1.29 is 9.53 Å². The average Bonchev–Trinajstić information content (AvgIpc) is 2.89. The van der Waals surface area contributed by atoms with Crippen LogP contribution in [0.5, 0.6) is 5.75 Å². The molecule has 0 radical (unpaired) electrons. The highest BCUT2D eigenvalue weighted by molar-refractivity contribution is 6.30. The summed E-state index contributed by atoms with van der Waals surface area (Å²) in [4.78, 5) is 30.8. The molecule has 5 rings (SSSR count). The van der Waals surface area contributed by atoms with Crippen molar-refractivity contribution in [3.05, 3.63) is 93.9 Å². The Morgan fingerprint density at radius 1 is 0.882 bits per heavy atom. The number of fused-ring (bicyclic) bond motifs is 1. The Hall–Kier alpha value is -3.84. The third-order valence-electron chi connectivity index (χ3n) is 6.06. The lowest BCUT2D eigenvalue weighted by atomic mass is 10.1. The van der Waals surface area contributed by atoms with Crippen LogP contribution < -0.4 is 15.2 Å². The number of methoxy groups -OCH3 is 1. The maximum absolute atomic E-state index is 13.6. The first-order valence-corrected chi connectivity index (χ1v) is 11.4. The van der Waals surface area contributed by atoms with E-state index in [1.807, 2.05) is 30.3 Å². The molecule has 34 heavy (non-hydrogen) atoms. The summed E-state index contributed by atoms with van der Waals surface area (Å²) >= 11 is 6.14. The van der Waals surface area contributed by atoms with Gasteiger partial charge in [0.1, 0.15) is 5.75 Å². The van der Waals surface area contributed by atoms with E-state index in [9.17, 15) is 9.59 Å². The minimum Gasteiger partial charge on any atom is -0.497 e. The summed E-state index contributed by atoms with van der Waals surface area (Å²) in [5.74, 6) is 0.482. The number of hydrogen-bond acceptors (Lipinski definition) is 5. The number of rotatable bonds is 4. The molecule has 1 fully saturated rings. The van der Waals surface area contributed by atoms with Gasteiger partial charge in [0.05, 0.1) is 18.2 Å². The number of carbonyl (C=O) groups is 1. The second-order valence-electron chi connectivity index (χ2n) is 8.07. The van der Waals surface area contributed by atoms with Crippen LogP contribution in [0.4, 0.5) is 5.69 Å². The van der Waals surface area contributed by atoms with E-state index in [2.05, 4.69) is 10.00 Å². The van der Waals surface area contributed by atoms with Gasteiger partial charge >= 0.3 is 0 Å². The van der Waals surface area contributed by atoms with E-state index in [4.69, 9.17) is 16.3 Å². The highest BCUT2D eigenvalue weighted by atomic mass is 35.5. The second-order valence-corrected chi connectivity index (χ2v) is 8.50. The Morgan fingerprint density at radius 3 is 2.26 bits per heavy atom. The molecule has 0 bridgehead atoms. The molecule has 0 saturated carbocycles. The van der Waals surface area contributed by atoms with Crippen molar-refractivity contribution in [2.24, 2.45) is 0 Å². The first kappa shape index (κ1) is 22.0. The Kier molecular flexibility index (Phi) is 5.94. The van der Waals surface area contributed by atoms with E-state index in [1.54, 1.807) is 54.5 Å². The normalized spacial score (nSPS) is 13.8. The number of ether oxygens (including phenoxy) is 1. The molecule has 1 aliphatic rings. The summed E-state index contributed by atoms with van der Waals surface area (Å²) < 4.78 is 6.50. The van der Waals surface area contributed by atoms with Crippen LogP contribution >= 0.6 is 11.6 Å². The van der Waals surface area contributed by atoms with Gasteiger partial charge in [0.15, 0.2) is 5.69 Å². The summed E-state index contributed by atoms with van der Waals surface area (Å²) in [6.07, 6.45) is 0. The highest BCUT2D eigenvalue weighted by Crippen LogP contribution is 2.23. The molecule has 8 heteroatoms. The monoisotopic (exact) mass is 474 g/mol. The van der Waals surface area contributed by atoms with E-state index in [-0.39, 0.29) is 17.2 Å². The van der Waals surface area contributed by atoms with Crippen LogP contribution in [0, 0.1) is 0 Å². The molecule has 0 atom stereocenters. The molecule has 7 nitrogen and oxygen atoms in total. The number of anilines is 1. The first-order valence-electron chi connectivity index (χ1n) is 11.0. The van der Waals surface area contributed by atoms with Crippen molar-refractivity contribution in [1.29, 1.82) is 0 Å². The van der Waals surface area contributed by atoms with E-state index in [1.165, 1.54) is 4.68 Å². The van der Waals surface area contributed by atoms with Crippen molar-refractivity contribution in [3.63, 3.8) is 0 Å². The Balaban J connectivity index is 1.47. The molecular weight excluding hydrogens is 452 g/mol. The quantitative estimate of drug-likeness (QED) is 0.447. The van der Waals surface area contributed by atoms with Crippen molar-refractivity contribution in [2.75, 3.05) is 38.2 Å². The van der Waals surface area contributed by atoms with Gasteiger partial charge in [0.2, 0.25) is 0 Å². The van der Waals surface area contributed by atoms with E-state index < -0.39 is 0 Å². The fourth-order valence-corrected chi connectivity index (χ4v) is 4.42. The van der Waals surface area contributed by atoms with Gasteiger partial charge in [-0.25, -0.2) is 0 Å². The fraction of sp³-hybridized carbons (Fsp3) is 0.192. The number of piperazine rings is 1. The minimum atomic E-state index is -0.275. The van der Waals surface area contributed by atoms with Gasteiger partial charge in [-0.15, -0.1) is 0 Å². The maximum Gasteiger partial charge on any atom is 0.279 e. The molecule has 1 aromatic heterocycles. The molecule has 172 valence electrons. The van der Waals surface area contributed by atoms with Crippen molar-refractivity contribution in [1.82, 2.24) is 14.7 Å². The number of nitrogens with zero attached hydrogens (tertiary/aromatic N) is 4. The van der Waals surface area contributed by atoms with Gasteiger partial charge in [-0.05, 0) is 48.5 Å². The van der Waals surface area contributed by atoms with Gasteiger partial charge in [-0.2, -0.15) is 9.78 Å². The lowest BCUT2D eigenvalue weighted by Crippen LogP contribution is -2.49. The number of benzene rings is 3. The Morgan fingerprint density at radius 2 is 1.59 bits per heavy atom. The molecule has 3 aromatic carbocycles. The van der Waals surface area contributed by atoms with Gasteiger partial charge in [0, 0.05) is 42.3 Å². The topological polar surface area (TPSA) is 67.7 Å². The third kappa shape index (κ3) is 4.10. The van der Waals surface area contributed by atoms with E-state index in [0.717, 1.165) is 5.69 Å². The molecule has 1 amide bonds. The number of amides is 1. The van der Waals surface area contributed by atoms with Crippen LogP contribution in [0.1, 0.15) is 10.5 Å². The van der Waals surface area contributed by atoms with Crippen LogP contribution in [-0.4, -0.2) is 53.9 Å². The predicted molar refractivity (Wildman–Crippen MR) is 133 cm³/mol. The summed E-state index contributed by atoms with van der Waals surface area (Å²) in [5, 5.41) is 6.23. The molecule has 4 aromatic rings. The standard InChI is InChI=1S/C26H23ClN4O3/c1-34-21-11-9-19(10-12-21)31-25(32)23-8-3-2-7-22(23)24(28-31)26(33)30-15-13-29(14-16-30)20-6-4-5-18(27)17-20/h2-12,17H,13-16H2,1H3. The Bertz CT molecular complexity index is 1410. The Labute approximate surface area is 201 Å². The first-order chi connectivity index (χ1) is 16.5. The van der Waals surface area contributed by atoms with E-state index in [0.29, 0.717) is 53.4 Å². The smallest absolute Gasteiger partial charge is 0.279 e. The minimum absolute atomic E-state index is 0.191. The zero-order valence-corrected chi connectivity index (χ0v) is 19.4. The summed E-state index contributed by atoms with van der Waals surface area (Å²) in [7, 11) is 1.58. The van der Waals surface area contributed by atoms with Crippen molar-refractivity contribution in [3.8, 4) is 11.4 Å². The fourth-order valence-electron chi connectivity index (χ4n) is 4.24. The van der Waals surface area contributed by atoms with E-state index >= 15 is 0 Å². The van der Waals surface area contributed by atoms with Crippen LogP contribution in [0.15, 0.2) is 77.6 Å². The molecule has 1 aliphatic heterocycles. The van der Waals surface area contributed by atoms with Crippen LogP contribution in [-0.2, 0) is 0 Å². The van der Waals surface area contributed by atoms with Crippen molar-refractivity contribution in [2.45, 2.75) is 0 Å². The SMILES string of the molecule is COc1ccc(-n2nc(C(=O)N3CCN(c4cccc(Cl)c4)CC3)c3ccccc3c2=O)cc1. The summed E-state index contributed by atoms with van der Waals surface area (Å²) in [6, 6.07) is 21.8. The van der Waals surface area contributed by atoms with Crippen LogP contribution in [0.2, 0.25) is 5.02 Å². The molecule has 0 aliphatic carbocycles. The summed E-state index contributed by atoms with van der Waals surface area (Å²) in [5.41, 5.74) is 1.60. The zero-order valence-electron chi connectivity index (χ0n) is 18.6. The lowest BCUT2D eigenvalue weighted by Gasteiger charge is -2.36. The average molecular weight is 475 g/mol. The largest absolute Gasteiger partial charge is 0.497 e. The number of carbonyl (C=O) groups excluding carboxylic acids is 1. The number of aromatic nitrogens is 2. The second kappa shape index (κ2) is 9.19. The van der Waals surface area contributed by atoms with Crippen molar-refractivity contribution >= 4 is 34.0 Å².